The summed E-state index contributed by atoms with van der Waals surface area (Å²) >= 11 is 7.02. The zero-order chi connectivity index (χ0) is 14.9. The molecule has 2 N–H and O–H groups in total. The molecule has 1 saturated heterocycles. The van der Waals surface area contributed by atoms with Gasteiger partial charge < -0.3 is 10.4 Å². The van der Waals surface area contributed by atoms with E-state index in [0.717, 1.165) is 0 Å². The van der Waals surface area contributed by atoms with E-state index in [2.05, 4.69) is 5.32 Å². The number of nitrogens with one attached hydrogen (secondary N) is 1. The Morgan fingerprint density at radius 1 is 1.50 bits per heavy atom. The number of carboxylic acid groups (broad SMARTS) is 1. The Hall–Kier alpha value is -1.11. The Bertz CT molecular complexity index is 517. The van der Waals surface area contributed by atoms with Crippen LogP contribution in [0.15, 0.2) is 12.1 Å². The third kappa shape index (κ3) is 3.31. The largest absolute Gasteiger partial charge is 0.480 e. The van der Waals surface area contributed by atoms with Crippen LogP contribution >= 0.6 is 22.9 Å². The van der Waals surface area contributed by atoms with Crippen LogP contribution in [-0.2, 0) is 4.79 Å². The number of halogens is 1. The van der Waals surface area contributed by atoms with Crippen LogP contribution < -0.4 is 5.32 Å². The van der Waals surface area contributed by atoms with Crippen molar-refractivity contribution in [1.82, 2.24) is 10.2 Å². The summed E-state index contributed by atoms with van der Waals surface area (Å²) in [6, 6.07) is 2.80. The molecule has 20 heavy (non-hydrogen) atoms. The van der Waals surface area contributed by atoms with E-state index in [-0.39, 0.29) is 18.0 Å². The fraction of sp³-hybridized carbons (Fsp3) is 0.538. The summed E-state index contributed by atoms with van der Waals surface area (Å²) in [6.07, 6.45) is 0.429. The molecule has 1 amide bonds. The van der Waals surface area contributed by atoms with E-state index in [1.165, 1.54) is 11.3 Å². The molecule has 1 aromatic heterocycles. The maximum Gasteiger partial charge on any atom is 0.321 e. The normalized spacial score (nSPS) is 23.2. The second-order valence-electron chi connectivity index (χ2n) is 5.15. The van der Waals surface area contributed by atoms with E-state index >= 15 is 0 Å². The molecule has 0 radical (unpaired) electrons. The van der Waals surface area contributed by atoms with Gasteiger partial charge in [-0.25, -0.2) is 0 Å². The van der Waals surface area contributed by atoms with Gasteiger partial charge in [-0.15, -0.1) is 11.3 Å². The first-order valence-corrected chi connectivity index (χ1v) is 7.62. The molecule has 0 aliphatic carbocycles. The smallest absolute Gasteiger partial charge is 0.321 e. The number of nitrogens with zero attached hydrogens (tertiary/aromatic N) is 1. The Morgan fingerprint density at radius 2 is 2.20 bits per heavy atom. The highest BCUT2D eigenvalue weighted by Crippen LogP contribution is 2.24. The fourth-order valence-electron chi connectivity index (χ4n) is 2.47. The van der Waals surface area contributed by atoms with Crippen molar-refractivity contribution in [2.45, 2.75) is 38.4 Å². The van der Waals surface area contributed by atoms with Gasteiger partial charge in [-0.2, -0.15) is 0 Å². The lowest BCUT2D eigenvalue weighted by Crippen LogP contribution is -2.41. The van der Waals surface area contributed by atoms with E-state index in [1.807, 2.05) is 18.7 Å². The molecule has 5 nitrogen and oxygen atoms in total. The molecule has 1 aliphatic heterocycles. The number of carboxylic acids is 1. The summed E-state index contributed by atoms with van der Waals surface area (Å²) in [5.74, 6) is -1.03. The van der Waals surface area contributed by atoms with Crippen molar-refractivity contribution in [1.29, 1.82) is 0 Å². The number of thiophene rings is 1. The van der Waals surface area contributed by atoms with E-state index < -0.39 is 12.0 Å². The standard InChI is InChI=1S/C13H17ClN2O3S/c1-7(2)16-6-8(5-9(16)13(18)19)15-12(17)10-3-4-11(14)20-10/h3-4,7-9H,5-6H2,1-2H3,(H,15,17)(H,18,19)/t8-,9-/m0/s1. The van der Waals surface area contributed by atoms with Crippen LogP contribution in [0.1, 0.15) is 29.9 Å². The average molecular weight is 317 g/mol. The maximum atomic E-state index is 12.0. The lowest BCUT2D eigenvalue weighted by atomic mass is 10.1. The molecular weight excluding hydrogens is 300 g/mol. The van der Waals surface area contributed by atoms with Crippen LogP contribution in [0.25, 0.3) is 0 Å². The van der Waals surface area contributed by atoms with Crippen LogP contribution in [0, 0.1) is 0 Å². The lowest BCUT2D eigenvalue weighted by Gasteiger charge is -2.24. The Morgan fingerprint density at radius 3 is 2.65 bits per heavy atom. The molecule has 1 aromatic rings. The number of rotatable bonds is 4. The quantitative estimate of drug-likeness (QED) is 0.892. The van der Waals surface area contributed by atoms with Gasteiger partial charge in [0, 0.05) is 18.6 Å². The second kappa shape index (κ2) is 6.11. The van der Waals surface area contributed by atoms with Gasteiger partial charge in [0.2, 0.25) is 0 Å². The van der Waals surface area contributed by atoms with Gasteiger partial charge in [-0.05, 0) is 32.4 Å². The van der Waals surface area contributed by atoms with Crippen LogP contribution in [0.4, 0.5) is 0 Å². The van der Waals surface area contributed by atoms with Crippen LogP contribution in [-0.4, -0.2) is 46.6 Å². The van der Waals surface area contributed by atoms with E-state index in [9.17, 15) is 14.7 Å². The minimum atomic E-state index is -0.838. The lowest BCUT2D eigenvalue weighted by molar-refractivity contribution is -0.142. The van der Waals surface area contributed by atoms with Gasteiger partial charge >= 0.3 is 5.97 Å². The predicted octanol–water partition coefficient (Wildman–Crippen LogP) is 2.07. The van der Waals surface area contributed by atoms with Crippen molar-refractivity contribution in [3.63, 3.8) is 0 Å². The molecule has 0 unspecified atom stereocenters. The average Bonchev–Trinajstić information content (AvgIpc) is 2.95. The van der Waals surface area contributed by atoms with Gasteiger partial charge in [0.1, 0.15) is 6.04 Å². The minimum absolute atomic E-state index is 0.134. The molecule has 0 aromatic carbocycles. The number of likely N-dealkylation sites (tertiary alicyclic amines) is 1. The molecule has 7 heteroatoms. The molecule has 0 spiro atoms. The summed E-state index contributed by atoms with van der Waals surface area (Å²) in [5.41, 5.74) is 0. The Kier molecular flexibility index (Phi) is 4.67. The van der Waals surface area contributed by atoms with Crippen LogP contribution in [0.3, 0.4) is 0 Å². The minimum Gasteiger partial charge on any atom is -0.480 e. The van der Waals surface area contributed by atoms with E-state index in [0.29, 0.717) is 22.2 Å². The summed E-state index contributed by atoms with van der Waals surface area (Å²) in [7, 11) is 0. The summed E-state index contributed by atoms with van der Waals surface area (Å²) in [6.45, 7) is 4.47. The molecule has 0 bridgehead atoms. The van der Waals surface area contributed by atoms with Crippen LogP contribution in [0.2, 0.25) is 4.34 Å². The third-order valence-corrected chi connectivity index (χ3v) is 4.65. The number of amides is 1. The zero-order valence-corrected chi connectivity index (χ0v) is 12.9. The Balaban J connectivity index is 2.01. The summed E-state index contributed by atoms with van der Waals surface area (Å²) < 4.78 is 0.564. The van der Waals surface area contributed by atoms with Crippen molar-refractivity contribution >= 4 is 34.8 Å². The first-order valence-electron chi connectivity index (χ1n) is 6.43. The van der Waals surface area contributed by atoms with Gasteiger partial charge in [-0.3, -0.25) is 14.5 Å². The highest BCUT2D eigenvalue weighted by Gasteiger charge is 2.38. The van der Waals surface area contributed by atoms with Crippen molar-refractivity contribution in [2.24, 2.45) is 0 Å². The molecule has 2 rings (SSSR count). The van der Waals surface area contributed by atoms with E-state index in [4.69, 9.17) is 11.6 Å². The van der Waals surface area contributed by atoms with Gasteiger partial charge in [0.05, 0.1) is 9.21 Å². The van der Waals surface area contributed by atoms with Crippen molar-refractivity contribution in [2.75, 3.05) is 6.54 Å². The SMILES string of the molecule is CC(C)N1C[C@@H](NC(=O)c2ccc(Cl)s2)C[C@H]1C(=O)O. The highest BCUT2D eigenvalue weighted by molar-refractivity contribution is 7.17. The first kappa shape index (κ1) is 15.3. The summed E-state index contributed by atoms with van der Waals surface area (Å²) in [4.78, 5) is 25.7. The number of hydrogen-bond donors (Lipinski definition) is 2. The molecule has 0 saturated carbocycles. The topological polar surface area (TPSA) is 69.6 Å². The first-order chi connectivity index (χ1) is 9.38. The Labute approximate surface area is 126 Å². The number of hydrogen-bond acceptors (Lipinski definition) is 4. The molecular formula is C13H17ClN2O3S. The fourth-order valence-corrected chi connectivity index (χ4v) is 3.42. The highest BCUT2D eigenvalue weighted by atomic mass is 35.5. The second-order valence-corrected chi connectivity index (χ2v) is 6.87. The van der Waals surface area contributed by atoms with Crippen molar-refractivity contribution in [3.05, 3.63) is 21.3 Å². The third-order valence-electron chi connectivity index (χ3n) is 3.42. The molecule has 2 heterocycles. The van der Waals surface area contributed by atoms with Crippen molar-refractivity contribution < 1.29 is 14.7 Å². The number of carbonyl (C=O) groups excluding carboxylic acids is 1. The molecule has 2 atom stereocenters. The zero-order valence-electron chi connectivity index (χ0n) is 11.3. The van der Waals surface area contributed by atoms with Gasteiger partial charge in [0.25, 0.3) is 5.91 Å². The monoisotopic (exact) mass is 316 g/mol. The number of aliphatic carboxylic acids is 1. The number of carbonyl (C=O) groups is 2. The molecule has 1 aliphatic rings. The van der Waals surface area contributed by atoms with Gasteiger partial charge in [-0.1, -0.05) is 11.6 Å². The van der Waals surface area contributed by atoms with Crippen molar-refractivity contribution in [3.8, 4) is 0 Å². The van der Waals surface area contributed by atoms with Gasteiger partial charge in [0.15, 0.2) is 0 Å². The van der Waals surface area contributed by atoms with E-state index in [1.54, 1.807) is 12.1 Å². The summed E-state index contributed by atoms with van der Waals surface area (Å²) in [5, 5.41) is 12.1. The molecule has 1 fully saturated rings. The molecule has 110 valence electrons. The predicted molar refractivity (Wildman–Crippen MR) is 78.5 cm³/mol. The maximum absolute atomic E-state index is 12.0. The van der Waals surface area contributed by atoms with Crippen LogP contribution in [0.5, 0.6) is 0 Å².